The van der Waals surface area contributed by atoms with Crippen molar-refractivity contribution in [3.63, 3.8) is 0 Å². The highest BCUT2D eigenvalue weighted by Gasteiger charge is 2.55. The van der Waals surface area contributed by atoms with E-state index in [1.54, 1.807) is 0 Å². The van der Waals surface area contributed by atoms with Crippen LogP contribution in [0.1, 0.15) is 75.8 Å². The van der Waals surface area contributed by atoms with Gasteiger partial charge in [0.15, 0.2) is 0 Å². The monoisotopic (exact) mass is 416 g/mol. The lowest BCUT2D eigenvalue weighted by Crippen LogP contribution is -2.43. The van der Waals surface area contributed by atoms with E-state index >= 15 is 0 Å². The molecule has 0 heterocycles. The van der Waals surface area contributed by atoms with E-state index in [4.69, 9.17) is 12.8 Å². The highest BCUT2D eigenvalue weighted by molar-refractivity contribution is 5.40. The van der Waals surface area contributed by atoms with Crippen molar-refractivity contribution in [2.24, 2.45) is 29.1 Å². The van der Waals surface area contributed by atoms with Crippen molar-refractivity contribution in [3.8, 4) is 30.4 Å². The van der Waals surface area contributed by atoms with Crippen molar-refractivity contribution < 1.29 is 10.2 Å². The fraction of sp³-hybridized carbons (Fsp3) is 0.586. The smallest absolute Gasteiger partial charge is 0.115 e. The molecule has 2 nitrogen and oxygen atoms in total. The molecule has 2 saturated carbocycles. The molecule has 4 rings (SSSR count). The van der Waals surface area contributed by atoms with Crippen molar-refractivity contribution in [3.05, 3.63) is 41.5 Å². The van der Waals surface area contributed by atoms with Crippen molar-refractivity contribution in [2.75, 3.05) is 0 Å². The maximum absolute atomic E-state index is 10.8. The topological polar surface area (TPSA) is 40.5 Å². The number of benzene rings is 1. The van der Waals surface area contributed by atoms with Gasteiger partial charge in [-0.05, 0) is 96.8 Å². The van der Waals surface area contributed by atoms with Gasteiger partial charge < -0.3 is 10.2 Å². The number of aryl methyl sites for hydroxylation is 1. The molecule has 0 saturated heterocycles. The van der Waals surface area contributed by atoms with E-state index < -0.39 is 5.60 Å². The summed E-state index contributed by atoms with van der Waals surface area (Å²) in [5, 5.41) is 20.7. The van der Waals surface area contributed by atoms with Gasteiger partial charge in [0.05, 0.1) is 0 Å². The molecule has 0 aliphatic heterocycles. The van der Waals surface area contributed by atoms with Crippen molar-refractivity contribution in [1.29, 1.82) is 0 Å². The molecule has 0 aromatic heterocycles. The maximum Gasteiger partial charge on any atom is 0.115 e. The van der Waals surface area contributed by atoms with Gasteiger partial charge in [-0.3, -0.25) is 0 Å². The molecular weight excluding hydrogens is 380 g/mol. The van der Waals surface area contributed by atoms with E-state index in [0.717, 1.165) is 18.3 Å². The molecule has 0 radical (unpaired) electrons. The molecular formula is C29H36O2. The van der Waals surface area contributed by atoms with E-state index in [-0.39, 0.29) is 12.8 Å². The van der Waals surface area contributed by atoms with Crippen LogP contribution in [-0.4, -0.2) is 15.8 Å². The first kappa shape index (κ1) is 22.0. The standard InChI is InChI=1S/C29H36O2/c1-5-15-29(31,16-6-2)18-13-20(3)26-11-12-27-25-9-7-21-19-22(30)8-10-23(21)24(25)14-17-28(26,27)4/h1-2,8,10,13,18-20,24-27,30-31H,7,9,11-12,14-17H2,3-4H3/t20-,24-,25-,26-,27+,28-/m1/s1. The second kappa shape index (κ2) is 8.41. The van der Waals surface area contributed by atoms with Crippen molar-refractivity contribution in [2.45, 2.75) is 76.7 Å². The average Bonchev–Trinajstić information content (AvgIpc) is 3.09. The molecule has 3 aliphatic rings. The fourth-order valence-electron chi connectivity index (χ4n) is 7.47. The Morgan fingerprint density at radius 3 is 2.65 bits per heavy atom. The van der Waals surface area contributed by atoms with Crippen LogP contribution in [0.25, 0.3) is 0 Å². The molecule has 31 heavy (non-hydrogen) atoms. The van der Waals surface area contributed by atoms with E-state index in [0.29, 0.717) is 28.9 Å². The summed E-state index contributed by atoms with van der Waals surface area (Å²) in [4.78, 5) is 0. The first-order valence-corrected chi connectivity index (χ1v) is 11.9. The zero-order valence-electron chi connectivity index (χ0n) is 19.0. The summed E-state index contributed by atoms with van der Waals surface area (Å²) >= 11 is 0. The third-order valence-corrected chi connectivity index (χ3v) is 8.94. The number of rotatable bonds is 5. The molecule has 2 N–H and O–H groups in total. The van der Waals surface area contributed by atoms with Gasteiger partial charge in [-0.25, -0.2) is 0 Å². The highest BCUT2D eigenvalue weighted by Crippen LogP contribution is 2.64. The number of aromatic hydroxyl groups is 1. The largest absolute Gasteiger partial charge is 0.508 e. The highest BCUT2D eigenvalue weighted by atomic mass is 16.3. The van der Waals surface area contributed by atoms with Crippen LogP contribution in [0, 0.1) is 53.8 Å². The third kappa shape index (κ3) is 3.92. The maximum atomic E-state index is 10.8. The van der Waals surface area contributed by atoms with Crippen LogP contribution in [0.3, 0.4) is 0 Å². The van der Waals surface area contributed by atoms with E-state index in [9.17, 15) is 10.2 Å². The van der Waals surface area contributed by atoms with Crippen LogP contribution in [-0.2, 0) is 6.42 Å². The summed E-state index contributed by atoms with van der Waals surface area (Å²) in [6.45, 7) is 4.82. The first-order chi connectivity index (χ1) is 14.8. The molecule has 0 unspecified atom stereocenters. The first-order valence-electron chi connectivity index (χ1n) is 11.9. The molecule has 1 aromatic rings. The lowest BCUT2D eigenvalue weighted by atomic mass is 9.53. The minimum atomic E-state index is -1.09. The summed E-state index contributed by atoms with van der Waals surface area (Å²) < 4.78 is 0. The summed E-state index contributed by atoms with van der Waals surface area (Å²) in [5.41, 5.74) is 2.10. The lowest BCUT2D eigenvalue weighted by molar-refractivity contribution is 0.0174. The molecule has 0 bridgehead atoms. The quantitative estimate of drug-likeness (QED) is 0.468. The predicted molar refractivity (Wildman–Crippen MR) is 126 cm³/mol. The summed E-state index contributed by atoms with van der Waals surface area (Å²) in [7, 11) is 0. The minimum absolute atomic E-state index is 0.254. The van der Waals surface area contributed by atoms with Gasteiger partial charge in [0.1, 0.15) is 11.4 Å². The third-order valence-electron chi connectivity index (χ3n) is 8.94. The van der Waals surface area contributed by atoms with Gasteiger partial charge in [-0.2, -0.15) is 0 Å². The summed E-state index contributed by atoms with van der Waals surface area (Å²) in [6, 6.07) is 6.03. The average molecular weight is 417 g/mol. The second-order valence-electron chi connectivity index (χ2n) is 10.6. The summed E-state index contributed by atoms with van der Waals surface area (Å²) in [5.74, 6) is 8.69. The Morgan fingerprint density at radius 2 is 1.94 bits per heavy atom. The Bertz CT molecular complexity index is 913. The van der Waals surface area contributed by atoms with Gasteiger partial charge in [0, 0.05) is 12.8 Å². The Balaban J connectivity index is 1.52. The lowest BCUT2D eigenvalue weighted by Gasteiger charge is -2.52. The molecule has 2 fully saturated rings. The number of phenolic OH excluding ortho intramolecular Hbond substituents is 1. The van der Waals surface area contributed by atoms with E-state index in [1.807, 2.05) is 18.2 Å². The zero-order valence-corrected chi connectivity index (χ0v) is 19.0. The Labute approximate surface area is 188 Å². The second-order valence-corrected chi connectivity index (χ2v) is 10.6. The number of phenols is 1. The number of aliphatic hydroxyl groups is 1. The normalized spacial score (nSPS) is 33.1. The number of allylic oxidation sites excluding steroid dienone is 1. The molecule has 0 amide bonds. The molecule has 2 heteroatoms. The Morgan fingerprint density at radius 1 is 1.19 bits per heavy atom. The predicted octanol–water partition coefficient (Wildman–Crippen LogP) is 5.83. The van der Waals surface area contributed by atoms with Crippen LogP contribution < -0.4 is 0 Å². The van der Waals surface area contributed by atoms with Crippen LogP contribution in [0.2, 0.25) is 0 Å². The number of fused-ring (bicyclic) bond motifs is 5. The summed E-state index contributed by atoms with van der Waals surface area (Å²) in [6.07, 6.45) is 22.8. The molecule has 3 aliphatic carbocycles. The van der Waals surface area contributed by atoms with E-state index in [2.05, 4.69) is 37.8 Å². The zero-order chi connectivity index (χ0) is 22.2. The minimum Gasteiger partial charge on any atom is -0.508 e. The van der Waals surface area contributed by atoms with Crippen LogP contribution in [0.15, 0.2) is 30.4 Å². The Kier molecular flexibility index (Phi) is 5.98. The number of hydrogen-bond acceptors (Lipinski definition) is 2. The Hall–Kier alpha value is -2.16. The SMILES string of the molecule is C#CCC(O)(C=C[C@@H](C)[C@H]1CC[C@H]2[C@@H]3CCc4cc(O)ccc4[C@H]3CC[C@]12C)CC#C. The fourth-order valence-corrected chi connectivity index (χ4v) is 7.47. The number of terminal acetylenes is 2. The van der Waals surface area contributed by atoms with Gasteiger partial charge in [-0.1, -0.05) is 32.1 Å². The van der Waals surface area contributed by atoms with E-state index in [1.165, 1.54) is 43.2 Å². The van der Waals surface area contributed by atoms with Gasteiger partial charge >= 0.3 is 0 Å². The number of hydrogen-bond donors (Lipinski definition) is 2. The molecule has 164 valence electrons. The molecule has 1 aromatic carbocycles. The van der Waals surface area contributed by atoms with Crippen molar-refractivity contribution >= 4 is 0 Å². The van der Waals surface area contributed by atoms with Gasteiger partial charge in [-0.15, -0.1) is 24.7 Å². The van der Waals surface area contributed by atoms with Crippen LogP contribution in [0.4, 0.5) is 0 Å². The van der Waals surface area contributed by atoms with Gasteiger partial charge in [0.2, 0.25) is 0 Å². The van der Waals surface area contributed by atoms with Gasteiger partial charge in [0.25, 0.3) is 0 Å². The van der Waals surface area contributed by atoms with Crippen LogP contribution in [0.5, 0.6) is 5.75 Å². The van der Waals surface area contributed by atoms with Crippen LogP contribution >= 0.6 is 0 Å². The molecule has 6 atom stereocenters. The van der Waals surface area contributed by atoms with Crippen molar-refractivity contribution in [1.82, 2.24) is 0 Å². The molecule has 0 spiro atoms.